The van der Waals surface area contributed by atoms with E-state index in [0.29, 0.717) is 21.6 Å². The van der Waals surface area contributed by atoms with E-state index in [4.69, 9.17) is 4.42 Å². The highest BCUT2D eigenvalue weighted by molar-refractivity contribution is 7.21. The Morgan fingerprint density at radius 1 is 0.833 bits per heavy atom. The number of carbonyl (C=O) groups is 2. The van der Waals surface area contributed by atoms with Crippen LogP contribution >= 0.6 is 11.3 Å². The van der Waals surface area contributed by atoms with Gasteiger partial charge in [0, 0.05) is 15.5 Å². The molecule has 0 saturated carbocycles. The van der Waals surface area contributed by atoms with Gasteiger partial charge in [-0.15, -0.1) is 11.3 Å². The van der Waals surface area contributed by atoms with Gasteiger partial charge < -0.3 is 4.42 Å². The molecule has 24 heavy (non-hydrogen) atoms. The van der Waals surface area contributed by atoms with Crippen LogP contribution in [0.1, 0.15) is 42.5 Å². The van der Waals surface area contributed by atoms with Crippen LogP contribution in [0.4, 0.5) is 0 Å². The third-order valence-corrected chi connectivity index (χ3v) is 5.72. The first-order chi connectivity index (χ1) is 11.5. The Labute approximate surface area is 141 Å². The van der Waals surface area contributed by atoms with Crippen molar-refractivity contribution < 1.29 is 14.0 Å². The third-order valence-electron chi connectivity index (χ3n) is 4.55. The van der Waals surface area contributed by atoms with Gasteiger partial charge in [-0.05, 0) is 38.1 Å². The molecule has 0 amide bonds. The fraction of sp³-hybridized carbons (Fsp3) is 0.100. The van der Waals surface area contributed by atoms with Crippen molar-refractivity contribution in [3.05, 3.63) is 69.3 Å². The highest BCUT2D eigenvalue weighted by atomic mass is 32.1. The van der Waals surface area contributed by atoms with Crippen molar-refractivity contribution in [2.45, 2.75) is 13.8 Å². The Morgan fingerprint density at radius 3 is 2.33 bits per heavy atom. The summed E-state index contributed by atoms with van der Waals surface area (Å²) in [7, 11) is 0. The van der Waals surface area contributed by atoms with Crippen molar-refractivity contribution in [3.63, 3.8) is 0 Å². The van der Waals surface area contributed by atoms with Gasteiger partial charge in [0.15, 0.2) is 5.76 Å². The number of furan rings is 1. The number of fused-ring (bicyclic) bond motifs is 6. The van der Waals surface area contributed by atoms with E-state index in [2.05, 4.69) is 0 Å². The Bertz CT molecular complexity index is 1110. The van der Waals surface area contributed by atoms with Crippen LogP contribution in [0.25, 0.3) is 21.1 Å². The zero-order valence-corrected chi connectivity index (χ0v) is 13.9. The lowest BCUT2D eigenvalue weighted by Gasteiger charge is -2.09. The second-order valence-corrected chi connectivity index (χ2v) is 7.32. The van der Waals surface area contributed by atoms with Gasteiger partial charge in [-0.25, -0.2) is 0 Å². The van der Waals surface area contributed by atoms with Gasteiger partial charge in [0.05, 0.1) is 16.0 Å². The van der Waals surface area contributed by atoms with Gasteiger partial charge in [-0.3, -0.25) is 9.59 Å². The van der Waals surface area contributed by atoms with Crippen LogP contribution < -0.4 is 0 Å². The van der Waals surface area contributed by atoms with E-state index in [9.17, 15) is 9.59 Å². The normalized spacial score (nSPS) is 13.6. The number of ketones is 2. The average molecular weight is 332 g/mol. The Balaban J connectivity index is 1.89. The molecule has 0 aliphatic heterocycles. The number of hydrogen-bond acceptors (Lipinski definition) is 4. The monoisotopic (exact) mass is 332 g/mol. The predicted octanol–water partition coefficient (Wildman–Crippen LogP) is 5.04. The van der Waals surface area contributed by atoms with Gasteiger partial charge in [-0.1, -0.05) is 23.3 Å². The minimum Gasteiger partial charge on any atom is -0.452 e. The SMILES string of the molecule is Cc1ccc2oc3c(c2c1)C(=O)c1sc2ccc(C)cc2c1C3=O. The molecule has 2 aromatic heterocycles. The van der Waals surface area contributed by atoms with Crippen LogP contribution in [0.3, 0.4) is 0 Å². The molecular formula is C20H12O3S. The molecule has 1 aliphatic rings. The van der Waals surface area contributed by atoms with E-state index in [-0.39, 0.29) is 17.3 Å². The average Bonchev–Trinajstić information content (AvgIpc) is 3.11. The first-order valence-corrected chi connectivity index (χ1v) is 8.52. The van der Waals surface area contributed by atoms with Crippen LogP contribution in [-0.2, 0) is 0 Å². The van der Waals surface area contributed by atoms with E-state index in [1.54, 1.807) is 0 Å². The molecule has 0 atom stereocenters. The summed E-state index contributed by atoms with van der Waals surface area (Å²) in [4.78, 5) is 26.7. The van der Waals surface area contributed by atoms with Gasteiger partial charge in [0.1, 0.15) is 5.58 Å². The molecule has 3 nitrogen and oxygen atoms in total. The number of aryl methyl sites for hydroxylation is 2. The van der Waals surface area contributed by atoms with Crippen molar-refractivity contribution >= 4 is 44.0 Å². The van der Waals surface area contributed by atoms with Gasteiger partial charge >= 0.3 is 0 Å². The Hall–Kier alpha value is -2.72. The molecule has 5 rings (SSSR count). The molecule has 4 aromatic rings. The maximum absolute atomic E-state index is 13.1. The highest BCUT2D eigenvalue weighted by Gasteiger charge is 2.38. The third kappa shape index (κ3) is 1.61. The molecule has 0 N–H and O–H groups in total. The molecule has 2 heterocycles. The summed E-state index contributed by atoms with van der Waals surface area (Å²) in [5, 5.41) is 1.57. The van der Waals surface area contributed by atoms with Crippen molar-refractivity contribution in [1.29, 1.82) is 0 Å². The smallest absolute Gasteiger partial charge is 0.231 e. The van der Waals surface area contributed by atoms with Crippen LogP contribution in [-0.4, -0.2) is 11.6 Å². The maximum Gasteiger partial charge on any atom is 0.231 e. The van der Waals surface area contributed by atoms with E-state index in [1.165, 1.54) is 11.3 Å². The number of carbonyl (C=O) groups excluding carboxylic acids is 2. The number of thiophene rings is 1. The van der Waals surface area contributed by atoms with Gasteiger partial charge in [-0.2, -0.15) is 0 Å². The van der Waals surface area contributed by atoms with Crippen LogP contribution in [0.5, 0.6) is 0 Å². The largest absolute Gasteiger partial charge is 0.452 e. The number of hydrogen-bond donors (Lipinski definition) is 0. The minimum atomic E-state index is -0.190. The van der Waals surface area contributed by atoms with Crippen molar-refractivity contribution in [2.75, 3.05) is 0 Å². The van der Waals surface area contributed by atoms with Crippen molar-refractivity contribution in [2.24, 2.45) is 0 Å². The van der Waals surface area contributed by atoms with Crippen molar-refractivity contribution in [3.8, 4) is 0 Å². The van der Waals surface area contributed by atoms with Crippen LogP contribution in [0.15, 0.2) is 40.8 Å². The second-order valence-electron chi connectivity index (χ2n) is 6.27. The fourth-order valence-corrected chi connectivity index (χ4v) is 4.55. The molecule has 116 valence electrons. The zero-order valence-electron chi connectivity index (χ0n) is 13.1. The summed E-state index contributed by atoms with van der Waals surface area (Å²) in [6, 6.07) is 11.6. The van der Waals surface area contributed by atoms with Gasteiger partial charge in [0.2, 0.25) is 11.6 Å². The van der Waals surface area contributed by atoms with Crippen molar-refractivity contribution in [1.82, 2.24) is 0 Å². The van der Waals surface area contributed by atoms with E-state index in [0.717, 1.165) is 26.6 Å². The molecule has 1 aliphatic carbocycles. The zero-order chi connectivity index (χ0) is 16.6. The summed E-state index contributed by atoms with van der Waals surface area (Å²) in [5.74, 6) is -0.123. The molecule has 0 fully saturated rings. The highest BCUT2D eigenvalue weighted by Crippen LogP contribution is 2.42. The molecule has 0 saturated heterocycles. The Kier molecular flexibility index (Phi) is 2.52. The summed E-state index contributed by atoms with van der Waals surface area (Å²) in [5.41, 5.74) is 3.59. The second kappa shape index (κ2) is 4.42. The molecule has 0 unspecified atom stereocenters. The summed E-state index contributed by atoms with van der Waals surface area (Å²) in [6.45, 7) is 3.94. The summed E-state index contributed by atoms with van der Waals surface area (Å²) in [6.07, 6.45) is 0. The lowest BCUT2D eigenvalue weighted by atomic mass is 9.90. The predicted molar refractivity (Wildman–Crippen MR) is 94.4 cm³/mol. The number of benzene rings is 2. The molecule has 4 heteroatoms. The maximum atomic E-state index is 13.1. The molecule has 0 bridgehead atoms. The fourth-order valence-electron chi connectivity index (χ4n) is 3.42. The van der Waals surface area contributed by atoms with E-state index in [1.807, 2.05) is 50.2 Å². The standard InChI is InChI=1S/C20H12O3S/c1-9-3-5-13-11(7-9)15-18(22)20-16(17(21)19(15)23-13)12-8-10(2)4-6-14(12)24-20/h3-8H,1-2H3. The van der Waals surface area contributed by atoms with Crippen LogP contribution in [0, 0.1) is 13.8 Å². The first-order valence-electron chi connectivity index (χ1n) is 7.70. The Morgan fingerprint density at radius 2 is 1.54 bits per heavy atom. The topological polar surface area (TPSA) is 47.3 Å². The summed E-state index contributed by atoms with van der Waals surface area (Å²) < 4.78 is 6.72. The minimum absolute atomic E-state index is 0.109. The molecule has 0 spiro atoms. The first kappa shape index (κ1) is 13.7. The lowest BCUT2D eigenvalue weighted by molar-refractivity contribution is 0.0966. The van der Waals surface area contributed by atoms with Crippen LogP contribution in [0.2, 0.25) is 0 Å². The quantitative estimate of drug-likeness (QED) is 0.399. The van der Waals surface area contributed by atoms with E-state index < -0.39 is 0 Å². The van der Waals surface area contributed by atoms with E-state index >= 15 is 0 Å². The lowest BCUT2D eigenvalue weighted by Crippen LogP contribution is -2.17. The summed E-state index contributed by atoms with van der Waals surface area (Å²) >= 11 is 1.39. The molecule has 0 radical (unpaired) electrons. The number of rotatable bonds is 0. The van der Waals surface area contributed by atoms with Gasteiger partial charge in [0.25, 0.3) is 0 Å². The molecule has 2 aromatic carbocycles. The molecular weight excluding hydrogens is 320 g/mol.